The SMILES string of the molecule is NC(=O)c1ncn2c(=O)n(CCSSCCn3nnc4c(C(N)=O)ncn4c3=O)nnc12. The number of rotatable bonds is 9. The van der Waals surface area contributed by atoms with Crippen LogP contribution in [0.4, 0.5) is 0 Å². The molecule has 18 heteroatoms. The normalized spacial score (nSPS) is 11.4. The molecule has 0 saturated heterocycles. The summed E-state index contributed by atoms with van der Waals surface area (Å²) in [7, 11) is 2.91. The zero-order valence-corrected chi connectivity index (χ0v) is 17.7. The van der Waals surface area contributed by atoms with Crippen molar-refractivity contribution in [3.8, 4) is 0 Å². The molecule has 0 aliphatic carbocycles. The number of aromatic nitrogens is 10. The van der Waals surface area contributed by atoms with Crippen molar-refractivity contribution in [1.29, 1.82) is 0 Å². The first-order valence-corrected chi connectivity index (χ1v) is 11.3. The molecule has 4 heterocycles. The van der Waals surface area contributed by atoms with Crippen LogP contribution in [0.5, 0.6) is 0 Å². The zero-order valence-electron chi connectivity index (χ0n) is 16.1. The Morgan fingerprint density at radius 3 is 1.56 bits per heavy atom. The predicted molar refractivity (Wildman–Crippen MR) is 112 cm³/mol. The first kappa shape index (κ1) is 21.4. The van der Waals surface area contributed by atoms with E-state index in [1.807, 2.05) is 0 Å². The molecule has 0 atom stereocenters. The van der Waals surface area contributed by atoms with Gasteiger partial charge in [-0.1, -0.05) is 32.0 Å². The Morgan fingerprint density at radius 1 is 0.781 bits per heavy atom. The summed E-state index contributed by atoms with van der Waals surface area (Å²) in [4.78, 5) is 54.9. The van der Waals surface area contributed by atoms with Crippen molar-refractivity contribution in [1.82, 2.24) is 48.8 Å². The van der Waals surface area contributed by atoms with E-state index >= 15 is 0 Å². The molecule has 0 radical (unpaired) electrons. The number of carbonyl (C=O) groups excluding carboxylic acids is 2. The Kier molecular flexibility index (Phi) is 5.86. The largest absolute Gasteiger partial charge is 0.364 e. The summed E-state index contributed by atoms with van der Waals surface area (Å²) in [5.74, 6) is -0.554. The van der Waals surface area contributed by atoms with Crippen molar-refractivity contribution in [2.24, 2.45) is 11.5 Å². The maximum atomic E-state index is 12.4. The van der Waals surface area contributed by atoms with Crippen LogP contribution < -0.4 is 22.8 Å². The third-order valence-corrected chi connectivity index (χ3v) is 6.52. The van der Waals surface area contributed by atoms with Crippen molar-refractivity contribution >= 4 is 44.7 Å². The van der Waals surface area contributed by atoms with Gasteiger partial charge in [0.2, 0.25) is 0 Å². The second-order valence-corrected chi connectivity index (χ2v) is 8.84. The van der Waals surface area contributed by atoms with Crippen molar-refractivity contribution in [3.05, 3.63) is 45.0 Å². The molecular weight excluding hydrogens is 464 g/mol. The van der Waals surface area contributed by atoms with Gasteiger partial charge in [-0.25, -0.2) is 28.4 Å². The Bertz CT molecular complexity index is 1340. The summed E-state index contributed by atoms with van der Waals surface area (Å²) < 4.78 is 4.50. The lowest BCUT2D eigenvalue weighted by molar-refractivity contribution is 0.0989. The molecule has 0 spiro atoms. The standard InChI is InChI=1S/C14H14N12O4S2/c15-9(27)7-11-19-21-25(13(29)23(11)5-17-7)1-3-31-32-4-2-26-14(30)24-6-18-8(10(16)28)12(24)20-22-26/h5-6H,1-4H2,(H2,15,27)(H2,16,28). The van der Waals surface area contributed by atoms with Gasteiger partial charge < -0.3 is 11.5 Å². The molecule has 16 nitrogen and oxygen atoms in total. The highest BCUT2D eigenvalue weighted by atomic mass is 33.1. The van der Waals surface area contributed by atoms with Crippen molar-refractivity contribution in [2.75, 3.05) is 11.5 Å². The van der Waals surface area contributed by atoms with Gasteiger partial charge in [-0.2, -0.15) is 9.36 Å². The lowest BCUT2D eigenvalue weighted by atomic mass is 10.4. The Morgan fingerprint density at radius 2 is 1.19 bits per heavy atom. The predicted octanol–water partition coefficient (Wildman–Crippen LogP) is -2.84. The molecule has 0 aliphatic heterocycles. The Balaban J connectivity index is 1.31. The van der Waals surface area contributed by atoms with E-state index in [0.717, 1.165) is 18.2 Å². The minimum atomic E-state index is -0.796. The fourth-order valence-electron chi connectivity index (χ4n) is 2.67. The molecular formula is C14H14N12O4S2. The number of nitrogens with two attached hydrogens (primary N) is 2. The molecule has 166 valence electrons. The summed E-state index contributed by atoms with van der Waals surface area (Å²) in [6.45, 7) is 0.528. The first-order valence-electron chi connectivity index (χ1n) is 8.84. The maximum Gasteiger partial charge on any atom is 0.352 e. The topological polar surface area (TPSA) is 216 Å². The molecule has 0 unspecified atom stereocenters. The molecule has 4 aromatic heterocycles. The van der Waals surface area contributed by atoms with Crippen LogP contribution in [-0.2, 0) is 13.1 Å². The van der Waals surface area contributed by atoms with E-state index in [2.05, 4.69) is 30.6 Å². The van der Waals surface area contributed by atoms with Gasteiger partial charge in [-0.05, 0) is 0 Å². The van der Waals surface area contributed by atoms with Gasteiger partial charge in [0.1, 0.15) is 12.7 Å². The van der Waals surface area contributed by atoms with Gasteiger partial charge in [-0.3, -0.25) is 9.59 Å². The molecule has 0 fully saturated rings. The van der Waals surface area contributed by atoms with Crippen LogP contribution in [0.2, 0.25) is 0 Å². The monoisotopic (exact) mass is 478 g/mol. The highest BCUT2D eigenvalue weighted by Gasteiger charge is 2.16. The second-order valence-electron chi connectivity index (χ2n) is 6.14. The molecule has 32 heavy (non-hydrogen) atoms. The van der Waals surface area contributed by atoms with E-state index in [0.29, 0.717) is 11.5 Å². The number of hydrogen-bond donors (Lipinski definition) is 2. The van der Waals surface area contributed by atoms with E-state index in [1.54, 1.807) is 0 Å². The minimum Gasteiger partial charge on any atom is -0.364 e. The molecule has 4 N–H and O–H groups in total. The van der Waals surface area contributed by atoms with Gasteiger partial charge in [0.25, 0.3) is 11.8 Å². The van der Waals surface area contributed by atoms with Crippen LogP contribution in [0, 0.1) is 0 Å². The molecule has 4 aromatic rings. The molecule has 2 amide bonds. The second kappa shape index (κ2) is 8.75. The van der Waals surface area contributed by atoms with E-state index in [-0.39, 0.29) is 35.8 Å². The molecule has 0 bridgehead atoms. The van der Waals surface area contributed by atoms with Crippen LogP contribution in [0.15, 0.2) is 22.2 Å². The number of imidazole rings is 2. The third kappa shape index (κ3) is 3.91. The van der Waals surface area contributed by atoms with Crippen molar-refractivity contribution < 1.29 is 9.59 Å². The highest BCUT2D eigenvalue weighted by Crippen LogP contribution is 2.20. The summed E-state index contributed by atoms with van der Waals surface area (Å²) in [6, 6.07) is 0. The van der Waals surface area contributed by atoms with Crippen LogP contribution in [0.25, 0.3) is 11.3 Å². The highest BCUT2D eigenvalue weighted by molar-refractivity contribution is 8.76. The number of nitrogens with zero attached hydrogens (tertiary/aromatic N) is 10. The van der Waals surface area contributed by atoms with E-state index < -0.39 is 23.2 Å². The smallest absolute Gasteiger partial charge is 0.352 e. The molecule has 0 aliphatic rings. The minimum absolute atomic E-state index is 0.00476. The fourth-order valence-corrected chi connectivity index (χ4v) is 4.55. The van der Waals surface area contributed by atoms with Gasteiger partial charge in [0, 0.05) is 11.5 Å². The van der Waals surface area contributed by atoms with Gasteiger partial charge in [0.15, 0.2) is 22.7 Å². The van der Waals surface area contributed by atoms with Crippen molar-refractivity contribution in [2.45, 2.75) is 13.1 Å². The van der Waals surface area contributed by atoms with E-state index in [9.17, 15) is 19.2 Å². The summed E-state index contributed by atoms with van der Waals surface area (Å²) in [6.07, 6.45) is 2.35. The van der Waals surface area contributed by atoms with Gasteiger partial charge >= 0.3 is 11.4 Å². The van der Waals surface area contributed by atoms with Crippen LogP contribution >= 0.6 is 21.6 Å². The van der Waals surface area contributed by atoms with E-state index in [4.69, 9.17) is 11.5 Å². The molecule has 0 aromatic carbocycles. The van der Waals surface area contributed by atoms with E-state index in [1.165, 1.54) is 34.2 Å². The average molecular weight is 478 g/mol. The lowest BCUT2D eigenvalue weighted by Crippen LogP contribution is -2.31. The zero-order chi connectivity index (χ0) is 22.8. The number of fused-ring (bicyclic) bond motifs is 2. The lowest BCUT2D eigenvalue weighted by Gasteiger charge is -2.05. The molecule has 4 rings (SSSR count). The molecule has 0 saturated carbocycles. The summed E-state index contributed by atoms with van der Waals surface area (Å²) in [5, 5.41) is 15.3. The Hall–Kier alpha value is -3.80. The Labute approximate surface area is 184 Å². The number of amides is 2. The van der Waals surface area contributed by atoms with Crippen LogP contribution in [0.1, 0.15) is 21.0 Å². The van der Waals surface area contributed by atoms with Crippen LogP contribution in [0.3, 0.4) is 0 Å². The van der Waals surface area contributed by atoms with Gasteiger partial charge in [-0.15, -0.1) is 10.2 Å². The average Bonchev–Trinajstić information content (AvgIpc) is 3.38. The summed E-state index contributed by atoms with van der Waals surface area (Å²) >= 11 is 0. The van der Waals surface area contributed by atoms with Gasteiger partial charge in [0.05, 0.1) is 13.1 Å². The quantitative estimate of drug-likeness (QED) is 0.184. The number of hydrogen-bond acceptors (Lipinski definition) is 12. The summed E-state index contributed by atoms with van der Waals surface area (Å²) in [5.41, 5.74) is 9.14. The number of aryl methyl sites for hydroxylation is 2. The number of carbonyl (C=O) groups is 2. The van der Waals surface area contributed by atoms with Crippen molar-refractivity contribution in [3.63, 3.8) is 0 Å². The van der Waals surface area contributed by atoms with Crippen LogP contribution in [-0.4, -0.2) is 72.1 Å². The fraction of sp³-hybridized carbons (Fsp3) is 0.286. The number of primary amides is 2. The first-order chi connectivity index (χ1) is 15.4. The third-order valence-electron chi connectivity index (χ3n) is 4.16. The maximum absolute atomic E-state index is 12.4.